The van der Waals surface area contributed by atoms with Crippen LogP contribution in [0.25, 0.3) is 0 Å². The molecule has 4 atom stereocenters. The van der Waals surface area contributed by atoms with Gasteiger partial charge in [-0.2, -0.15) is 4.31 Å². The maximum atomic E-state index is 13.5. The molecule has 5 aliphatic rings. The van der Waals surface area contributed by atoms with Crippen molar-refractivity contribution in [3.05, 3.63) is 40.4 Å². The number of carbonyl (C=O) groups is 2. The highest BCUT2D eigenvalue weighted by atomic mass is 35.5. The number of hydrogen-bond donors (Lipinski definition) is 2. The standard InChI is InChI=1S/C23H30ClN3O4S/c1-5-27(32(30,31)19-8-6-7-17(24)13(19)2)22(3,4)21(29)26-18-10-16-14-9-15(18)12-23(16,11-14)20(25)28/h6-8,10,14-15,18H,5,9,11-12H2,1-4H3,(H2,25,28)(H,26,29). The normalized spacial score (nSPS) is 28.8. The molecule has 5 aliphatic carbocycles. The van der Waals surface area contributed by atoms with Gasteiger partial charge in [-0.05, 0) is 69.6 Å². The summed E-state index contributed by atoms with van der Waals surface area (Å²) in [4.78, 5) is 25.5. The van der Waals surface area contributed by atoms with Crippen molar-refractivity contribution in [1.29, 1.82) is 0 Å². The number of rotatable bonds is 7. The summed E-state index contributed by atoms with van der Waals surface area (Å²) >= 11 is 6.16. The molecule has 2 amide bonds. The Balaban J connectivity index is 1.59. The molecule has 6 rings (SSSR count). The molecule has 0 radical (unpaired) electrons. The molecule has 1 aromatic rings. The summed E-state index contributed by atoms with van der Waals surface area (Å²) in [5, 5.41) is 3.41. The van der Waals surface area contributed by atoms with Crippen molar-refractivity contribution < 1.29 is 18.0 Å². The number of nitrogens with two attached hydrogens (primary N) is 1. The van der Waals surface area contributed by atoms with E-state index < -0.39 is 21.0 Å². The van der Waals surface area contributed by atoms with Crippen LogP contribution in [0, 0.1) is 24.2 Å². The number of sulfonamides is 1. The second kappa shape index (κ2) is 7.57. The predicted octanol–water partition coefficient (Wildman–Crippen LogP) is 2.76. The van der Waals surface area contributed by atoms with Crippen molar-refractivity contribution in [3.63, 3.8) is 0 Å². The molecule has 0 heterocycles. The van der Waals surface area contributed by atoms with Crippen LogP contribution in [0.15, 0.2) is 34.7 Å². The van der Waals surface area contributed by atoms with Crippen LogP contribution in [0.1, 0.15) is 45.6 Å². The molecule has 9 heteroatoms. The first-order valence-corrected chi connectivity index (χ1v) is 12.8. The van der Waals surface area contributed by atoms with E-state index in [9.17, 15) is 18.0 Å². The van der Waals surface area contributed by atoms with Gasteiger partial charge >= 0.3 is 0 Å². The Kier molecular flexibility index (Phi) is 5.50. The van der Waals surface area contributed by atoms with Gasteiger partial charge in [-0.1, -0.05) is 36.2 Å². The Morgan fingerprint density at radius 3 is 2.56 bits per heavy atom. The molecule has 0 aromatic heterocycles. The van der Waals surface area contributed by atoms with Gasteiger partial charge in [0, 0.05) is 11.6 Å². The molecule has 1 aromatic carbocycles. The summed E-state index contributed by atoms with van der Waals surface area (Å²) < 4.78 is 28.2. The first-order valence-electron chi connectivity index (χ1n) is 11.0. The van der Waals surface area contributed by atoms with Crippen LogP contribution in [0.3, 0.4) is 0 Å². The Labute approximate surface area is 194 Å². The van der Waals surface area contributed by atoms with Gasteiger partial charge in [-0.25, -0.2) is 8.42 Å². The van der Waals surface area contributed by atoms with E-state index >= 15 is 0 Å². The number of halogens is 1. The lowest BCUT2D eigenvalue weighted by Gasteiger charge is -2.60. The SMILES string of the molecule is CCN(C(C)(C)C(=O)NC1C=C2C3CC1CC2(C(N)=O)C3)S(=O)(=O)c1cccc(Cl)c1C. The van der Waals surface area contributed by atoms with E-state index in [1.165, 1.54) is 10.4 Å². The smallest absolute Gasteiger partial charge is 0.244 e. The zero-order valence-electron chi connectivity index (χ0n) is 18.8. The highest BCUT2D eigenvalue weighted by Gasteiger charge is 2.62. The molecule has 3 fully saturated rings. The minimum atomic E-state index is -3.97. The van der Waals surface area contributed by atoms with Crippen molar-refractivity contribution in [2.75, 3.05) is 6.54 Å². The van der Waals surface area contributed by atoms with E-state index in [1.807, 2.05) is 6.08 Å². The monoisotopic (exact) mass is 479 g/mol. The van der Waals surface area contributed by atoms with Gasteiger partial charge in [0.25, 0.3) is 0 Å². The van der Waals surface area contributed by atoms with Gasteiger partial charge in [-0.3, -0.25) is 9.59 Å². The Morgan fingerprint density at radius 2 is 2.00 bits per heavy atom. The van der Waals surface area contributed by atoms with Crippen LogP contribution in [-0.2, 0) is 19.6 Å². The van der Waals surface area contributed by atoms with Crippen molar-refractivity contribution in [2.45, 2.75) is 63.4 Å². The Morgan fingerprint density at radius 1 is 1.31 bits per heavy atom. The summed E-state index contributed by atoms with van der Waals surface area (Å²) in [6.45, 7) is 6.71. The topological polar surface area (TPSA) is 110 Å². The lowest BCUT2D eigenvalue weighted by atomic mass is 9.44. The molecule has 0 saturated heterocycles. The van der Waals surface area contributed by atoms with Gasteiger partial charge < -0.3 is 11.1 Å². The molecule has 32 heavy (non-hydrogen) atoms. The fourth-order valence-electron chi connectivity index (χ4n) is 5.91. The Bertz CT molecular complexity index is 1130. The van der Waals surface area contributed by atoms with E-state index in [0.717, 1.165) is 18.4 Å². The molecule has 0 aliphatic heterocycles. The summed E-state index contributed by atoms with van der Waals surface area (Å²) in [5.41, 5.74) is 5.31. The maximum Gasteiger partial charge on any atom is 0.244 e. The first-order chi connectivity index (χ1) is 14.9. The third-order valence-electron chi connectivity index (χ3n) is 7.67. The van der Waals surface area contributed by atoms with Crippen LogP contribution >= 0.6 is 11.6 Å². The lowest BCUT2D eigenvalue weighted by molar-refractivity contribution is -0.137. The highest BCUT2D eigenvalue weighted by Crippen LogP contribution is 2.64. The lowest BCUT2D eigenvalue weighted by Crippen LogP contribution is -2.64. The van der Waals surface area contributed by atoms with Gasteiger partial charge in [0.1, 0.15) is 5.54 Å². The van der Waals surface area contributed by atoms with Crippen LogP contribution in [0.5, 0.6) is 0 Å². The fourth-order valence-corrected chi connectivity index (χ4v) is 8.15. The molecule has 174 valence electrons. The van der Waals surface area contributed by atoms with Gasteiger partial charge in [-0.15, -0.1) is 0 Å². The number of fused-ring (bicyclic) bond motifs is 1. The summed E-state index contributed by atoms with van der Waals surface area (Å²) in [6, 6.07) is 4.51. The Hall–Kier alpha value is -1.90. The number of amides is 2. The first kappa shape index (κ1) is 23.3. The van der Waals surface area contributed by atoms with Crippen molar-refractivity contribution >= 4 is 33.4 Å². The number of likely N-dealkylation sites (N-methyl/N-ethyl adjacent to an activating group) is 1. The van der Waals surface area contributed by atoms with Gasteiger partial charge in [0.2, 0.25) is 21.8 Å². The van der Waals surface area contributed by atoms with E-state index in [-0.39, 0.29) is 35.2 Å². The quantitative estimate of drug-likeness (QED) is 0.586. The largest absolute Gasteiger partial charge is 0.369 e. The number of carbonyl (C=O) groups excluding carboxylic acids is 2. The van der Waals surface area contributed by atoms with Crippen LogP contribution in [-0.4, -0.2) is 42.7 Å². The van der Waals surface area contributed by atoms with E-state index in [0.29, 0.717) is 22.9 Å². The number of benzene rings is 1. The van der Waals surface area contributed by atoms with E-state index in [2.05, 4.69) is 5.32 Å². The molecule has 4 bridgehead atoms. The van der Waals surface area contributed by atoms with Crippen LogP contribution in [0.2, 0.25) is 5.02 Å². The molecular weight excluding hydrogens is 450 g/mol. The predicted molar refractivity (Wildman–Crippen MR) is 122 cm³/mol. The van der Waals surface area contributed by atoms with Gasteiger partial charge in [0.15, 0.2) is 0 Å². The van der Waals surface area contributed by atoms with Crippen molar-refractivity contribution in [2.24, 2.45) is 23.0 Å². The van der Waals surface area contributed by atoms with E-state index in [1.54, 1.807) is 39.8 Å². The molecule has 4 unspecified atom stereocenters. The average molecular weight is 480 g/mol. The second-order valence-corrected chi connectivity index (χ2v) is 12.0. The van der Waals surface area contributed by atoms with Crippen LogP contribution < -0.4 is 11.1 Å². The number of primary amides is 1. The minimum absolute atomic E-state index is 0.0926. The summed E-state index contributed by atoms with van der Waals surface area (Å²) in [6.07, 6.45) is 4.35. The van der Waals surface area contributed by atoms with Crippen LogP contribution in [0.4, 0.5) is 0 Å². The number of nitrogens with zero attached hydrogens (tertiary/aromatic N) is 1. The molecule has 7 nitrogen and oxygen atoms in total. The fraction of sp³-hybridized carbons (Fsp3) is 0.565. The highest BCUT2D eigenvalue weighted by molar-refractivity contribution is 7.89. The minimum Gasteiger partial charge on any atom is -0.369 e. The third kappa shape index (κ3) is 3.22. The second-order valence-electron chi connectivity index (χ2n) is 9.76. The maximum absolute atomic E-state index is 13.5. The van der Waals surface area contributed by atoms with Crippen molar-refractivity contribution in [1.82, 2.24) is 9.62 Å². The zero-order chi connectivity index (χ0) is 23.6. The van der Waals surface area contributed by atoms with E-state index in [4.69, 9.17) is 17.3 Å². The number of hydrogen-bond acceptors (Lipinski definition) is 4. The number of nitrogens with one attached hydrogen (secondary N) is 1. The van der Waals surface area contributed by atoms with Crippen molar-refractivity contribution in [3.8, 4) is 0 Å². The zero-order valence-corrected chi connectivity index (χ0v) is 20.4. The molecule has 3 N–H and O–H groups in total. The summed E-state index contributed by atoms with van der Waals surface area (Å²) in [7, 11) is -3.97. The summed E-state index contributed by atoms with van der Waals surface area (Å²) in [5.74, 6) is -0.158. The molecular formula is C23H30ClN3O4S. The van der Waals surface area contributed by atoms with Gasteiger partial charge in [0.05, 0.1) is 16.4 Å². The molecule has 0 spiro atoms. The molecule has 3 saturated carbocycles. The third-order valence-corrected chi connectivity index (χ3v) is 10.4. The average Bonchev–Trinajstić information content (AvgIpc) is 2.71.